The van der Waals surface area contributed by atoms with Crippen LogP contribution in [-0.2, 0) is 24.0 Å². The van der Waals surface area contributed by atoms with E-state index in [9.17, 15) is 13.6 Å². The fraction of sp³-hybridized carbons (Fsp3) is 0.464. The van der Waals surface area contributed by atoms with E-state index in [0.29, 0.717) is 6.61 Å². The number of likely N-dealkylation sites (N-methyl/N-ethyl adjacent to an activating group) is 1. The van der Waals surface area contributed by atoms with Gasteiger partial charge in [-0.1, -0.05) is 12.1 Å². The number of nitrogens with zero attached hydrogens (tertiary/aromatic N) is 3. The lowest BCUT2D eigenvalue weighted by Crippen LogP contribution is -2.47. The Bertz CT molecular complexity index is 1210. The molecule has 0 radical (unpaired) electrons. The number of carbonyl (C=O) groups is 1. The van der Waals surface area contributed by atoms with Crippen LogP contribution in [0.4, 0.5) is 13.6 Å². The topological polar surface area (TPSA) is 51.8 Å². The van der Waals surface area contributed by atoms with Gasteiger partial charge in [0.25, 0.3) is 0 Å². The number of halogens is 2. The zero-order valence-corrected chi connectivity index (χ0v) is 20.8. The number of aromatic amines is 1. The minimum absolute atomic E-state index is 0.0906. The van der Waals surface area contributed by atoms with Gasteiger partial charge < -0.3 is 24.4 Å². The van der Waals surface area contributed by atoms with Gasteiger partial charge in [-0.05, 0) is 73.2 Å². The number of amides is 1. The molecular weight excluding hydrogens is 462 g/mol. The molecule has 36 heavy (non-hydrogen) atoms. The maximum atomic E-state index is 13.4. The van der Waals surface area contributed by atoms with Crippen LogP contribution < -0.4 is 0 Å². The van der Waals surface area contributed by atoms with E-state index in [1.54, 1.807) is 18.0 Å². The number of ether oxygens (including phenoxy) is 1. The zero-order chi connectivity index (χ0) is 25.1. The van der Waals surface area contributed by atoms with Crippen LogP contribution in [0.1, 0.15) is 23.1 Å². The Hall–Kier alpha value is -2.97. The van der Waals surface area contributed by atoms with Gasteiger partial charge in [0.1, 0.15) is 6.61 Å². The summed E-state index contributed by atoms with van der Waals surface area (Å²) in [6.07, 6.45) is 5.53. The van der Waals surface area contributed by atoms with Gasteiger partial charge in [0.15, 0.2) is 11.6 Å². The lowest BCUT2D eigenvalue weighted by atomic mass is 10.0. The van der Waals surface area contributed by atoms with E-state index in [1.165, 1.54) is 28.6 Å². The Morgan fingerprint density at radius 3 is 2.42 bits per heavy atom. The Kier molecular flexibility index (Phi) is 7.53. The van der Waals surface area contributed by atoms with Crippen LogP contribution in [0.15, 0.2) is 42.6 Å². The number of piperazine rings is 1. The van der Waals surface area contributed by atoms with Gasteiger partial charge in [0.05, 0.1) is 6.04 Å². The van der Waals surface area contributed by atoms with Crippen LogP contribution in [0, 0.1) is 11.6 Å². The summed E-state index contributed by atoms with van der Waals surface area (Å²) < 4.78 is 31.7. The minimum atomic E-state index is -0.787. The van der Waals surface area contributed by atoms with Gasteiger partial charge in [-0.3, -0.25) is 0 Å². The molecule has 1 aromatic heterocycles. The molecule has 2 aliphatic rings. The second-order valence-electron chi connectivity index (χ2n) is 10.0. The SMILES string of the molecule is CN1C(=O)OCC1Cc1ccc2[nH]cc(CCCN3CCN(CCc4ccc(F)c(F)c4)CC3)c2c1. The molecule has 0 saturated carbocycles. The van der Waals surface area contributed by atoms with Crippen LogP contribution in [0.25, 0.3) is 10.9 Å². The third-order valence-corrected chi connectivity index (χ3v) is 7.62. The first-order chi connectivity index (χ1) is 17.5. The Labute approximate surface area is 210 Å². The van der Waals surface area contributed by atoms with Crippen molar-refractivity contribution >= 4 is 17.0 Å². The monoisotopic (exact) mass is 496 g/mol. The Morgan fingerprint density at radius 2 is 1.69 bits per heavy atom. The summed E-state index contributed by atoms with van der Waals surface area (Å²) in [6, 6.07) is 10.8. The summed E-state index contributed by atoms with van der Waals surface area (Å²) in [7, 11) is 1.80. The van der Waals surface area contributed by atoms with E-state index in [0.717, 1.165) is 76.0 Å². The van der Waals surface area contributed by atoms with Gasteiger partial charge in [0, 0.05) is 56.9 Å². The lowest BCUT2D eigenvalue weighted by molar-refractivity contribution is 0.132. The minimum Gasteiger partial charge on any atom is -0.447 e. The van der Waals surface area contributed by atoms with Gasteiger partial charge in [-0.15, -0.1) is 0 Å². The molecule has 8 heteroatoms. The lowest BCUT2D eigenvalue weighted by Gasteiger charge is -2.34. The second-order valence-corrected chi connectivity index (χ2v) is 10.0. The van der Waals surface area contributed by atoms with E-state index >= 15 is 0 Å². The highest BCUT2D eigenvalue weighted by Gasteiger charge is 2.29. The largest absolute Gasteiger partial charge is 0.447 e. The van der Waals surface area contributed by atoms with Crippen molar-refractivity contribution in [3.8, 4) is 0 Å². The number of H-pyrrole nitrogens is 1. The summed E-state index contributed by atoms with van der Waals surface area (Å²) >= 11 is 0. The highest BCUT2D eigenvalue weighted by atomic mass is 19.2. The number of cyclic esters (lactones) is 1. The standard InChI is InChI=1S/C28H34F2N4O2/c1-32-23(19-36-28(32)35)15-21-5-7-27-24(16-21)22(18-31-27)3-2-9-33-11-13-34(14-12-33)10-8-20-4-6-25(29)26(30)17-20/h4-7,16-18,23,31H,2-3,8-15,19H2,1H3. The predicted molar refractivity (Wildman–Crippen MR) is 136 cm³/mol. The van der Waals surface area contributed by atoms with Crippen molar-refractivity contribution < 1.29 is 18.3 Å². The molecule has 1 atom stereocenters. The molecular formula is C28H34F2N4O2. The number of aryl methyl sites for hydroxylation is 1. The molecule has 3 heterocycles. The third kappa shape index (κ3) is 5.71. The third-order valence-electron chi connectivity index (χ3n) is 7.62. The molecule has 0 spiro atoms. The molecule has 1 N–H and O–H groups in total. The van der Waals surface area contributed by atoms with E-state index in [-0.39, 0.29) is 12.1 Å². The maximum absolute atomic E-state index is 13.4. The first kappa shape index (κ1) is 24.7. The summed E-state index contributed by atoms with van der Waals surface area (Å²) in [5.41, 5.74) is 4.55. The van der Waals surface area contributed by atoms with Gasteiger partial charge in [-0.2, -0.15) is 0 Å². The number of nitrogens with one attached hydrogen (secondary N) is 1. The molecule has 0 aliphatic carbocycles. The molecule has 1 amide bonds. The van der Waals surface area contributed by atoms with Crippen LogP contribution in [0.2, 0.25) is 0 Å². The van der Waals surface area contributed by atoms with Crippen LogP contribution >= 0.6 is 0 Å². The van der Waals surface area contributed by atoms with E-state index in [4.69, 9.17) is 4.74 Å². The Balaban J connectivity index is 1.07. The van der Waals surface area contributed by atoms with Crippen LogP contribution in [0.3, 0.4) is 0 Å². The fourth-order valence-corrected chi connectivity index (χ4v) is 5.27. The van der Waals surface area contributed by atoms with Crippen LogP contribution in [-0.4, -0.2) is 84.7 Å². The Morgan fingerprint density at radius 1 is 0.944 bits per heavy atom. The summed E-state index contributed by atoms with van der Waals surface area (Å²) in [5, 5.41) is 1.27. The first-order valence-corrected chi connectivity index (χ1v) is 12.8. The van der Waals surface area contributed by atoms with Crippen molar-refractivity contribution in [1.29, 1.82) is 0 Å². The van der Waals surface area contributed by atoms with Crippen molar-refractivity contribution in [3.63, 3.8) is 0 Å². The van der Waals surface area contributed by atoms with Gasteiger partial charge >= 0.3 is 6.09 Å². The highest BCUT2D eigenvalue weighted by molar-refractivity contribution is 5.84. The predicted octanol–water partition coefficient (Wildman–Crippen LogP) is 4.23. The quantitative estimate of drug-likeness (QED) is 0.482. The fourth-order valence-electron chi connectivity index (χ4n) is 5.27. The highest BCUT2D eigenvalue weighted by Crippen LogP contribution is 2.24. The van der Waals surface area contributed by atoms with E-state index in [2.05, 4.69) is 39.2 Å². The number of rotatable bonds is 9. The van der Waals surface area contributed by atoms with Gasteiger partial charge in [0.2, 0.25) is 0 Å². The van der Waals surface area contributed by atoms with Crippen LogP contribution in [0.5, 0.6) is 0 Å². The molecule has 192 valence electrons. The zero-order valence-electron chi connectivity index (χ0n) is 20.8. The van der Waals surface area contributed by atoms with Gasteiger partial charge in [-0.25, -0.2) is 13.6 Å². The number of carbonyl (C=O) groups excluding carboxylic acids is 1. The molecule has 2 saturated heterocycles. The maximum Gasteiger partial charge on any atom is 0.409 e. The number of aromatic nitrogens is 1. The second kappa shape index (κ2) is 11.0. The average Bonchev–Trinajstić information content (AvgIpc) is 3.43. The molecule has 2 aliphatic heterocycles. The summed E-state index contributed by atoms with van der Waals surface area (Å²) in [4.78, 5) is 21.6. The molecule has 5 rings (SSSR count). The molecule has 2 aromatic carbocycles. The molecule has 2 fully saturated rings. The average molecular weight is 497 g/mol. The molecule has 1 unspecified atom stereocenters. The number of hydrogen-bond donors (Lipinski definition) is 1. The van der Waals surface area contributed by atoms with Crippen molar-refractivity contribution in [2.45, 2.75) is 31.7 Å². The molecule has 0 bridgehead atoms. The normalized spacial score (nSPS) is 19.4. The van der Waals surface area contributed by atoms with Crippen molar-refractivity contribution in [2.24, 2.45) is 0 Å². The van der Waals surface area contributed by atoms with E-state index in [1.807, 2.05) is 0 Å². The number of fused-ring (bicyclic) bond motifs is 1. The van der Waals surface area contributed by atoms with Crippen molar-refractivity contribution in [2.75, 3.05) is 52.9 Å². The molecule has 3 aromatic rings. The van der Waals surface area contributed by atoms with Crippen molar-refractivity contribution in [3.05, 3.63) is 70.9 Å². The smallest absolute Gasteiger partial charge is 0.409 e. The number of hydrogen-bond acceptors (Lipinski definition) is 4. The summed E-state index contributed by atoms with van der Waals surface area (Å²) in [6.45, 7) is 6.45. The van der Waals surface area contributed by atoms with Crippen molar-refractivity contribution in [1.82, 2.24) is 19.7 Å². The van der Waals surface area contributed by atoms with E-state index < -0.39 is 11.6 Å². The first-order valence-electron chi connectivity index (χ1n) is 12.8. The summed E-state index contributed by atoms with van der Waals surface area (Å²) in [5.74, 6) is -1.55. The number of benzene rings is 2. The molecule has 6 nitrogen and oxygen atoms in total.